The van der Waals surface area contributed by atoms with E-state index in [1.807, 2.05) is 0 Å². The van der Waals surface area contributed by atoms with Crippen molar-refractivity contribution in [2.24, 2.45) is 0 Å². The van der Waals surface area contributed by atoms with Crippen LogP contribution < -0.4 is 5.32 Å². The molecule has 2 N–H and O–H groups in total. The fourth-order valence-corrected chi connectivity index (χ4v) is 3.01. The Hall–Kier alpha value is -3.49. The molecule has 9 heteroatoms. The SMILES string of the molecule is O=C(NCc1ccc(F)cc1)c1n[nH]c2c1CN(C(=O)c1ccno1)CC2. The number of aromatic amines is 1. The third kappa shape index (κ3) is 3.43. The molecule has 0 bridgehead atoms. The average molecular weight is 369 g/mol. The van der Waals surface area contributed by atoms with Gasteiger partial charge in [-0.3, -0.25) is 14.7 Å². The zero-order valence-corrected chi connectivity index (χ0v) is 14.2. The van der Waals surface area contributed by atoms with Crippen LogP contribution in [0.4, 0.5) is 4.39 Å². The highest BCUT2D eigenvalue weighted by Gasteiger charge is 2.29. The molecule has 1 aliphatic heterocycles. The van der Waals surface area contributed by atoms with E-state index in [0.29, 0.717) is 18.5 Å². The Balaban J connectivity index is 1.46. The minimum Gasteiger partial charge on any atom is -0.351 e. The molecule has 4 rings (SSSR count). The van der Waals surface area contributed by atoms with Crippen LogP contribution in [0.2, 0.25) is 0 Å². The number of aromatic nitrogens is 3. The second-order valence-electron chi connectivity index (χ2n) is 6.19. The van der Waals surface area contributed by atoms with Gasteiger partial charge in [0.25, 0.3) is 11.8 Å². The zero-order chi connectivity index (χ0) is 18.8. The number of nitrogens with zero attached hydrogens (tertiary/aromatic N) is 3. The number of hydrogen-bond acceptors (Lipinski definition) is 5. The molecule has 0 aliphatic carbocycles. The predicted molar refractivity (Wildman–Crippen MR) is 91.1 cm³/mol. The molecular weight excluding hydrogens is 353 g/mol. The molecular formula is C18H16FN5O3. The van der Waals surface area contributed by atoms with Gasteiger partial charge in [-0.2, -0.15) is 5.10 Å². The Morgan fingerprint density at radius 1 is 1.26 bits per heavy atom. The van der Waals surface area contributed by atoms with E-state index in [1.165, 1.54) is 24.4 Å². The van der Waals surface area contributed by atoms with E-state index < -0.39 is 0 Å². The van der Waals surface area contributed by atoms with Crippen LogP contribution in [-0.2, 0) is 19.5 Å². The number of halogens is 1. The first-order valence-corrected chi connectivity index (χ1v) is 8.40. The van der Waals surface area contributed by atoms with Crippen LogP contribution in [0.25, 0.3) is 0 Å². The standard InChI is InChI=1S/C18H16FN5O3/c19-12-3-1-11(2-4-12)9-20-17(25)16-13-10-24(8-6-14(13)22-23-16)18(26)15-5-7-21-27-15/h1-5,7H,6,8-10H2,(H,20,25)(H,22,23). The molecule has 1 aliphatic rings. The third-order valence-corrected chi connectivity index (χ3v) is 4.45. The predicted octanol–water partition coefficient (Wildman–Crippen LogP) is 1.67. The van der Waals surface area contributed by atoms with E-state index >= 15 is 0 Å². The van der Waals surface area contributed by atoms with E-state index in [4.69, 9.17) is 4.52 Å². The molecule has 0 unspecified atom stereocenters. The van der Waals surface area contributed by atoms with E-state index in [-0.39, 0.29) is 42.2 Å². The van der Waals surface area contributed by atoms with Gasteiger partial charge in [0.2, 0.25) is 5.76 Å². The van der Waals surface area contributed by atoms with Crippen LogP contribution in [0.5, 0.6) is 0 Å². The van der Waals surface area contributed by atoms with Crippen molar-refractivity contribution in [3.8, 4) is 0 Å². The molecule has 2 amide bonds. The van der Waals surface area contributed by atoms with Crippen molar-refractivity contribution in [2.75, 3.05) is 6.54 Å². The first-order chi connectivity index (χ1) is 13.1. The maximum absolute atomic E-state index is 13.0. The van der Waals surface area contributed by atoms with Crippen molar-refractivity contribution in [3.05, 3.63) is 70.6 Å². The molecule has 3 aromatic rings. The molecule has 0 saturated carbocycles. The molecule has 0 spiro atoms. The smallest absolute Gasteiger partial charge is 0.292 e. The number of carbonyl (C=O) groups is 2. The maximum atomic E-state index is 13.0. The molecule has 3 heterocycles. The van der Waals surface area contributed by atoms with Crippen molar-refractivity contribution < 1.29 is 18.5 Å². The summed E-state index contributed by atoms with van der Waals surface area (Å²) in [6, 6.07) is 7.39. The van der Waals surface area contributed by atoms with Gasteiger partial charge in [-0.05, 0) is 17.7 Å². The van der Waals surface area contributed by atoms with Crippen LogP contribution in [0.1, 0.15) is 37.9 Å². The Morgan fingerprint density at radius 3 is 2.81 bits per heavy atom. The Bertz CT molecular complexity index is 966. The molecule has 8 nitrogen and oxygen atoms in total. The minimum atomic E-state index is -0.356. The fourth-order valence-electron chi connectivity index (χ4n) is 3.01. The Kier molecular flexibility index (Phi) is 4.41. The Labute approximate surface area is 153 Å². The number of hydrogen-bond donors (Lipinski definition) is 2. The minimum absolute atomic E-state index is 0.157. The number of carbonyl (C=O) groups excluding carboxylic acids is 2. The van der Waals surface area contributed by atoms with Crippen molar-refractivity contribution in [1.29, 1.82) is 0 Å². The lowest BCUT2D eigenvalue weighted by Gasteiger charge is -2.26. The van der Waals surface area contributed by atoms with Crippen LogP contribution in [-0.4, -0.2) is 38.6 Å². The number of H-pyrrole nitrogens is 1. The van der Waals surface area contributed by atoms with Crippen LogP contribution in [0.3, 0.4) is 0 Å². The van der Waals surface area contributed by atoms with Crippen molar-refractivity contribution in [1.82, 2.24) is 25.6 Å². The first-order valence-electron chi connectivity index (χ1n) is 8.40. The summed E-state index contributed by atoms with van der Waals surface area (Å²) in [6.07, 6.45) is 1.97. The topological polar surface area (TPSA) is 104 Å². The number of nitrogens with one attached hydrogen (secondary N) is 2. The number of fused-ring (bicyclic) bond motifs is 1. The van der Waals surface area contributed by atoms with Crippen molar-refractivity contribution in [3.63, 3.8) is 0 Å². The Morgan fingerprint density at radius 2 is 2.07 bits per heavy atom. The lowest BCUT2D eigenvalue weighted by atomic mass is 10.0. The summed E-state index contributed by atoms with van der Waals surface area (Å²) in [5.74, 6) is -0.810. The lowest BCUT2D eigenvalue weighted by Crippen LogP contribution is -2.36. The summed E-state index contributed by atoms with van der Waals surface area (Å²) in [5, 5.41) is 13.3. The number of rotatable bonds is 4. The number of amides is 2. The van der Waals surface area contributed by atoms with Gasteiger partial charge in [-0.25, -0.2) is 4.39 Å². The van der Waals surface area contributed by atoms with Crippen molar-refractivity contribution >= 4 is 11.8 Å². The zero-order valence-electron chi connectivity index (χ0n) is 14.2. The second kappa shape index (κ2) is 7.02. The lowest BCUT2D eigenvalue weighted by molar-refractivity contribution is 0.0689. The van der Waals surface area contributed by atoms with Gasteiger partial charge in [0, 0.05) is 36.8 Å². The summed E-state index contributed by atoms with van der Waals surface area (Å²) in [7, 11) is 0. The molecule has 0 radical (unpaired) electrons. The van der Waals surface area contributed by atoms with Crippen LogP contribution in [0.15, 0.2) is 41.1 Å². The van der Waals surface area contributed by atoms with Gasteiger partial charge in [0.05, 0.1) is 12.7 Å². The third-order valence-electron chi connectivity index (χ3n) is 4.45. The van der Waals surface area contributed by atoms with Gasteiger partial charge < -0.3 is 14.7 Å². The van der Waals surface area contributed by atoms with Gasteiger partial charge in [0.1, 0.15) is 5.82 Å². The molecule has 2 aromatic heterocycles. The largest absolute Gasteiger partial charge is 0.351 e. The summed E-state index contributed by atoms with van der Waals surface area (Å²) in [6.45, 7) is 0.998. The second-order valence-corrected chi connectivity index (χ2v) is 6.19. The quantitative estimate of drug-likeness (QED) is 0.728. The molecule has 0 saturated heterocycles. The normalized spacial score (nSPS) is 13.3. The maximum Gasteiger partial charge on any atom is 0.292 e. The molecule has 27 heavy (non-hydrogen) atoms. The van der Waals surface area contributed by atoms with E-state index in [1.54, 1.807) is 17.0 Å². The summed E-state index contributed by atoms with van der Waals surface area (Å²) < 4.78 is 17.9. The van der Waals surface area contributed by atoms with E-state index in [0.717, 1.165) is 11.3 Å². The van der Waals surface area contributed by atoms with E-state index in [9.17, 15) is 14.0 Å². The first kappa shape index (κ1) is 17.0. The summed E-state index contributed by atoms with van der Waals surface area (Å²) >= 11 is 0. The summed E-state index contributed by atoms with van der Waals surface area (Å²) in [5.41, 5.74) is 2.55. The van der Waals surface area contributed by atoms with Gasteiger partial charge >= 0.3 is 0 Å². The van der Waals surface area contributed by atoms with Crippen LogP contribution in [0, 0.1) is 5.82 Å². The van der Waals surface area contributed by atoms with Gasteiger partial charge in [-0.15, -0.1) is 0 Å². The monoisotopic (exact) mass is 369 g/mol. The highest BCUT2D eigenvalue weighted by Crippen LogP contribution is 2.22. The fraction of sp³-hybridized carbons (Fsp3) is 0.222. The van der Waals surface area contributed by atoms with Crippen molar-refractivity contribution in [2.45, 2.75) is 19.5 Å². The molecule has 0 atom stereocenters. The van der Waals surface area contributed by atoms with Gasteiger partial charge in [0.15, 0.2) is 5.69 Å². The highest BCUT2D eigenvalue weighted by atomic mass is 19.1. The molecule has 1 aromatic carbocycles. The van der Waals surface area contributed by atoms with E-state index in [2.05, 4.69) is 20.7 Å². The highest BCUT2D eigenvalue weighted by molar-refractivity contribution is 5.95. The number of benzene rings is 1. The molecule has 0 fully saturated rings. The summed E-state index contributed by atoms with van der Waals surface area (Å²) in [4.78, 5) is 26.6. The average Bonchev–Trinajstić information content (AvgIpc) is 3.36. The molecule has 138 valence electrons. The van der Waals surface area contributed by atoms with Gasteiger partial charge in [-0.1, -0.05) is 17.3 Å². The van der Waals surface area contributed by atoms with Crippen LogP contribution >= 0.6 is 0 Å².